The molecule has 13 heteroatoms. The van der Waals surface area contributed by atoms with E-state index in [1.54, 1.807) is 6.08 Å². The number of halogens is 3. The molecule has 0 bridgehead atoms. The standard InChI is InChI=1S/C32H48F3N9S/c1-3-38-31-40-29(27-17-25(18-32(33,34)35)45-30(27)41-31)39-23-6-10-43(11-7-23)20-22-4-5-28-26(21(22)2)16-24(19-36)44(28)15-14-42-12-8-37-9-13-42/h16-17,21-23,26,28,30,37,39H,3-15,18,20H2,1-2H3,(H2,38,40,41). The smallest absolute Gasteiger partial charge is 0.368 e. The molecule has 6 rings (SSSR count). The molecule has 248 valence electrons. The average Bonchev–Trinajstić information content (AvgIpc) is 3.59. The molecule has 4 N–H and O–H groups in total. The van der Waals surface area contributed by atoms with Crippen LogP contribution < -0.4 is 21.3 Å². The Morgan fingerprint density at radius 3 is 2.58 bits per heavy atom. The Morgan fingerprint density at radius 1 is 1.09 bits per heavy atom. The van der Waals surface area contributed by atoms with Crippen LogP contribution in [0.5, 0.6) is 0 Å². The number of hydrogen-bond donors (Lipinski definition) is 4. The first kappa shape index (κ1) is 32.5. The second kappa shape index (κ2) is 14.2. The van der Waals surface area contributed by atoms with Crippen LogP contribution in [-0.2, 0) is 0 Å². The van der Waals surface area contributed by atoms with Gasteiger partial charge in [0.1, 0.15) is 23.0 Å². The maximum Gasteiger partial charge on any atom is 0.393 e. The zero-order valence-corrected chi connectivity index (χ0v) is 27.3. The first-order chi connectivity index (χ1) is 21.7. The van der Waals surface area contributed by atoms with Gasteiger partial charge < -0.3 is 31.1 Å². The number of piperidine rings is 1. The number of fused-ring (bicyclic) bond motifs is 2. The second-order valence-electron chi connectivity index (χ2n) is 13.3. The molecule has 5 heterocycles. The van der Waals surface area contributed by atoms with E-state index >= 15 is 0 Å². The van der Waals surface area contributed by atoms with Crippen LogP contribution in [-0.4, -0.2) is 110 Å². The fraction of sp³-hybridized carbons (Fsp3) is 0.750. The number of nitriles is 1. The van der Waals surface area contributed by atoms with Crippen LogP contribution in [0.1, 0.15) is 46.0 Å². The summed E-state index contributed by atoms with van der Waals surface area (Å²) in [5, 5.41) is 23.3. The van der Waals surface area contributed by atoms with Gasteiger partial charge in [-0.2, -0.15) is 18.4 Å². The number of rotatable bonds is 9. The second-order valence-corrected chi connectivity index (χ2v) is 14.6. The van der Waals surface area contributed by atoms with E-state index in [2.05, 4.69) is 60.0 Å². The fourth-order valence-corrected chi connectivity index (χ4v) is 9.25. The number of guanidine groups is 1. The van der Waals surface area contributed by atoms with E-state index in [9.17, 15) is 18.4 Å². The highest BCUT2D eigenvalue weighted by Crippen LogP contribution is 2.44. The summed E-state index contributed by atoms with van der Waals surface area (Å²) in [7, 11) is 0. The third kappa shape index (κ3) is 7.77. The van der Waals surface area contributed by atoms with Crippen molar-refractivity contribution in [3.8, 4) is 6.07 Å². The summed E-state index contributed by atoms with van der Waals surface area (Å²) >= 11 is 1.23. The van der Waals surface area contributed by atoms with E-state index in [0.717, 1.165) is 95.3 Å². The first-order valence-electron chi connectivity index (χ1n) is 16.8. The Morgan fingerprint density at radius 2 is 1.87 bits per heavy atom. The van der Waals surface area contributed by atoms with E-state index in [-0.39, 0.29) is 11.4 Å². The van der Waals surface area contributed by atoms with Crippen molar-refractivity contribution >= 4 is 17.7 Å². The van der Waals surface area contributed by atoms with Crippen LogP contribution in [0.2, 0.25) is 0 Å². The van der Waals surface area contributed by atoms with Crippen LogP contribution in [0, 0.1) is 29.1 Å². The number of allylic oxidation sites excluding steroid dienone is 2. The zero-order chi connectivity index (χ0) is 31.6. The maximum atomic E-state index is 13.1. The highest BCUT2D eigenvalue weighted by Gasteiger charge is 2.44. The van der Waals surface area contributed by atoms with E-state index < -0.39 is 12.6 Å². The number of piperazine rings is 1. The number of nitrogens with zero attached hydrogens (tertiary/aromatic N) is 5. The average molecular weight is 648 g/mol. The lowest BCUT2D eigenvalue weighted by Gasteiger charge is -2.44. The summed E-state index contributed by atoms with van der Waals surface area (Å²) in [4.78, 5) is 12.3. The molecule has 5 aliphatic heterocycles. The Labute approximate surface area is 269 Å². The topological polar surface area (TPSA) is 94.0 Å². The Bertz CT molecular complexity index is 1230. The van der Waals surface area contributed by atoms with Gasteiger partial charge in [-0.05, 0) is 61.5 Å². The Balaban J connectivity index is 1.02. The molecule has 0 aromatic carbocycles. The van der Waals surface area contributed by atoms with Gasteiger partial charge in [0.2, 0.25) is 0 Å². The molecule has 0 amide bonds. The molecule has 0 aromatic rings. The van der Waals surface area contributed by atoms with Crippen molar-refractivity contribution in [1.29, 1.82) is 5.26 Å². The minimum absolute atomic E-state index is 0.247. The van der Waals surface area contributed by atoms with Gasteiger partial charge in [0.05, 0.1) is 6.42 Å². The van der Waals surface area contributed by atoms with Gasteiger partial charge in [0.25, 0.3) is 0 Å². The predicted octanol–water partition coefficient (Wildman–Crippen LogP) is 3.39. The minimum Gasteiger partial charge on any atom is -0.368 e. The number of likely N-dealkylation sites (tertiary alicyclic amines) is 1. The SMILES string of the molecule is CCN=C1NC(NC2CCN(CC3CCC4C(C=C(C#N)N4CCN4CCNCC4)C3C)CC2)=C2C=C(CC(F)(F)F)SC2N1. The van der Waals surface area contributed by atoms with Crippen LogP contribution in [0.15, 0.2) is 39.1 Å². The molecule has 5 atom stereocenters. The van der Waals surface area contributed by atoms with Crippen molar-refractivity contribution in [2.24, 2.45) is 22.7 Å². The summed E-state index contributed by atoms with van der Waals surface area (Å²) in [5.74, 6) is 2.96. The molecule has 1 saturated carbocycles. The highest BCUT2D eigenvalue weighted by molar-refractivity contribution is 8.04. The van der Waals surface area contributed by atoms with E-state index in [1.807, 2.05) is 6.92 Å². The lowest BCUT2D eigenvalue weighted by molar-refractivity contribution is -0.125. The Kier molecular flexibility index (Phi) is 10.2. The van der Waals surface area contributed by atoms with E-state index in [4.69, 9.17) is 0 Å². The van der Waals surface area contributed by atoms with Crippen molar-refractivity contribution in [2.75, 3.05) is 65.4 Å². The molecule has 2 saturated heterocycles. The van der Waals surface area contributed by atoms with Crippen LogP contribution in [0.25, 0.3) is 0 Å². The molecular formula is C32H48F3N9S. The van der Waals surface area contributed by atoms with Gasteiger partial charge >= 0.3 is 6.18 Å². The summed E-state index contributed by atoms with van der Waals surface area (Å²) < 4.78 is 39.4. The molecule has 0 spiro atoms. The quantitative estimate of drug-likeness (QED) is 0.301. The molecule has 3 fully saturated rings. The molecular weight excluding hydrogens is 599 g/mol. The van der Waals surface area contributed by atoms with Crippen molar-refractivity contribution < 1.29 is 13.2 Å². The van der Waals surface area contributed by atoms with Gasteiger partial charge in [-0.25, -0.2) is 0 Å². The normalized spacial score (nSPS) is 32.4. The molecule has 0 aromatic heterocycles. The lowest BCUT2D eigenvalue weighted by atomic mass is 9.70. The van der Waals surface area contributed by atoms with Crippen LogP contribution in [0.3, 0.4) is 0 Å². The molecule has 6 aliphatic rings. The van der Waals surface area contributed by atoms with E-state index in [1.165, 1.54) is 18.2 Å². The van der Waals surface area contributed by atoms with Gasteiger partial charge in [-0.1, -0.05) is 6.92 Å². The minimum atomic E-state index is -4.23. The third-order valence-electron chi connectivity index (χ3n) is 10.5. The highest BCUT2D eigenvalue weighted by atomic mass is 32.2. The largest absolute Gasteiger partial charge is 0.393 e. The molecule has 0 radical (unpaired) electrons. The van der Waals surface area contributed by atoms with Crippen molar-refractivity contribution in [3.63, 3.8) is 0 Å². The van der Waals surface area contributed by atoms with Gasteiger partial charge in [0.15, 0.2) is 5.96 Å². The predicted molar refractivity (Wildman–Crippen MR) is 173 cm³/mol. The van der Waals surface area contributed by atoms with Gasteiger partial charge in [0, 0.05) is 89.0 Å². The number of aliphatic imine (C=N–C) groups is 1. The summed E-state index contributed by atoms with van der Waals surface area (Å²) in [6, 6.07) is 3.20. The fourth-order valence-electron chi connectivity index (χ4n) is 8.03. The molecule has 1 aliphatic carbocycles. The van der Waals surface area contributed by atoms with Crippen molar-refractivity contribution in [1.82, 2.24) is 36.0 Å². The summed E-state index contributed by atoms with van der Waals surface area (Å²) in [6.07, 6.45) is 3.11. The summed E-state index contributed by atoms with van der Waals surface area (Å²) in [6.45, 7) is 14.2. The van der Waals surface area contributed by atoms with E-state index in [0.29, 0.717) is 41.2 Å². The van der Waals surface area contributed by atoms with Crippen molar-refractivity contribution in [2.45, 2.75) is 69.6 Å². The number of alkyl halides is 3. The summed E-state index contributed by atoms with van der Waals surface area (Å²) in [5.41, 5.74) is 1.71. The van der Waals surface area contributed by atoms with Gasteiger partial charge in [-0.15, -0.1) is 11.8 Å². The molecule has 45 heavy (non-hydrogen) atoms. The van der Waals surface area contributed by atoms with Crippen molar-refractivity contribution in [3.05, 3.63) is 34.1 Å². The molecule has 9 nitrogen and oxygen atoms in total. The first-order valence-corrected chi connectivity index (χ1v) is 17.7. The van der Waals surface area contributed by atoms with Gasteiger partial charge in [-0.3, -0.25) is 9.89 Å². The Hall–Kier alpha value is -2.40. The molecule has 5 unspecified atom stereocenters. The maximum absolute atomic E-state index is 13.1. The zero-order valence-electron chi connectivity index (χ0n) is 26.5. The number of thioether (sulfide) groups is 1. The monoisotopic (exact) mass is 647 g/mol. The number of nitrogens with one attached hydrogen (secondary N) is 4. The third-order valence-corrected chi connectivity index (χ3v) is 11.6. The van der Waals surface area contributed by atoms with Crippen LogP contribution in [0.4, 0.5) is 13.2 Å². The van der Waals surface area contributed by atoms with Crippen LogP contribution >= 0.6 is 11.8 Å². The number of hydrogen-bond acceptors (Lipinski definition) is 8. The lowest BCUT2D eigenvalue weighted by Crippen LogP contribution is -2.53.